The molecule has 0 N–H and O–H groups in total. The van der Waals surface area contributed by atoms with E-state index in [4.69, 9.17) is 0 Å². The van der Waals surface area contributed by atoms with Gasteiger partial charge in [0.05, 0.1) is 10.8 Å². The summed E-state index contributed by atoms with van der Waals surface area (Å²) in [6.07, 6.45) is 1.88. The number of hydrogen-bond acceptors (Lipinski definition) is 1. The fourth-order valence-corrected chi connectivity index (χ4v) is 2.20. The van der Waals surface area contributed by atoms with Gasteiger partial charge >= 0.3 is 0 Å². The van der Waals surface area contributed by atoms with Gasteiger partial charge in [0.2, 0.25) is 0 Å². The first kappa shape index (κ1) is 10.8. The van der Waals surface area contributed by atoms with Crippen LogP contribution in [0.25, 0.3) is 6.08 Å². The first-order valence-electron chi connectivity index (χ1n) is 5.05. The Balaban J connectivity index is 2.12. The van der Waals surface area contributed by atoms with Gasteiger partial charge in [0, 0.05) is 10.3 Å². The van der Waals surface area contributed by atoms with E-state index < -0.39 is 10.8 Å². The summed E-state index contributed by atoms with van der Waals surface area (Å²) in [5, 5.41) is 1.71. The van der Waals surface area contributed by atoms with Gasteiger partial charge in [0.25, 0.3) is 0 Å². The molecular formula is C14H12OS. The zero-order valence-electron chi connectivity index (χ0n) is 8.74. The van der Waals surface area contributed by atoms with E-state index in [1.54, 1.807) is 5.41 Å². The second-order valence-electron chi connectivity index (χ2n) is 3.32. The summed E-state index contributed by atoms with van der Waals surface area (Å²) >= 11 is 0. The first-order valence-corrected chi connectivity index (χ1v) is 6.26. The molecule has 0 aliphatic heterocycles. The zero-order chi connectivity index (χ0) is 11.2. The predicted octanol–water partition coefficient (Wildman–Crippen LogP) is 3.47. The molecule has 0 saturated heterocycles. The van der Waals surface area contributed by atoms with Crippen LogP contribution in [0.4, 0.5) is 0 Å². The molecule has 0 aliphatic rings. The minimum absolute atomic E-state index is 0.828. The van der Waals surface area contributed by atoms with Crippen molar-refractivity contribution in [2.24, 2.45) is 0 Å². The Hall–Kier alpha value is -1.67. The van der Waals surface area contributed by atoms with Gasteiger partial charge in [-0.25, -0.2) is 4.21 Å². The van der Waals surface area contributed by atoms with Crippen LogP contribution in [-0.2, 0) is 10.8 Å². The van der Waals surface area contributed by atoms with Crippen molar-refractivity contribution in [3.8, 4) is 0 Å². The maximum atomic E-state index is 11.8. The molecule has 16 heavy (non-hydrogen) atoms. The van der Waals surface area contributed by atoms with E-state index in [-0.39, 0.29) is 0 Å². The van der Waals surface area contributed by atoms with E-state index in [2.05, 4.69) is 0 Å². The molecule has 2 rings (SSSR count). The van der Waals surface area contributed by atoms with Crippen molar-refractivity contribution in [1.29, 1.82) is 0 Å². The Labute approximate surface area is 97.9 Å². The Morgan fingerprint density at radius 3 is 2.00 bits per heavy atom. The van der Waals surface area contributed by atoms with Gasteiger partial charge in [0.1, 0.15) is 0 Å². The molecule has 0 aromatic heterocycles. The highest BCUT2D eigenvalue weighted by molar-refractivity contribution is 7.88. The molecule has 1 nitrogen and oxygen atoms in total. The highest BCUT2D eigenvalue weighted by Crippen LogP contribution is 2.09. The summed E-state index contributed by atoms with van der Waals surface area (Å²) in [6.45, 7) is 0. The molecule has 0 fully saturated rings. The van der Waals surface area contributed by atoms with Crippen LogP contribution in [-0.4, -0.2) is 4.21 Å². The lowest BCUT2D eigenvalue weighted by Crippen LogP contribution is -1.84. The molecule has 80 valence electrons. The summed E-state index contributed by atoms with van der Waals surface area (Å²) < 4.78 is 11.8. The molecule has 0 unspecified atom stereocenters. The Morgan fingerprint density at radius 2 is 1.38 bits per heavy atom. The molecule has 2 heteroatoms. The predicted molar refractivity (Wildman–Crippen MR) is 68.3 cm³/mol. The summed E-state index contributed by atoms with van der Waals surface area (Å²) in [6, 6.07) is 19.3. The fraction of sp³-hybridized carbons (Fsp3) is 0. The van der Waals surface area contributed by atoms with E-state index in [0.717, 1.165) is 10.5 Å². The third kappa shape index (κ3) is 2.91. The van der Waals surface area contributed by atoms with Gasteiger partial charge in [-0.2, -0.15) is 0 Å². The monoisotopic (exact) mass is 228 g/mol. The van der Waals surface area contributed by atoms with Gasteiger partial charge < -0.3 is 0 Å². The van der Waals surface area contributed by atoms with Crippen molar-refractivity contribution in [3.63, 3.8) is 0 Å². The molecule has 0 radical (unpaired) electrons. The van der Waals surface area contributed by atoms with Crippen LogP contribution < -0.4 is 0 Å². The van der Waals surface area contributed by atoms with E-state index in [0.29, 0.717) is 0 Å². The van der Waals surface area contributed by atoms with Crippen LogP contribution >= 0.6 is 0 Å². The van der Waals surface area contributed by atoms with Crippen LogP contribution in [0.15, 0.2) is 71.0 Å². The molecule has 0 aliphatic carbocycles. The zero-order valence-corrected chi connectivity index (χ0v) is 9.56. The van der Waals surface area contributed by atoms with Crippen molar-refractivity contribution in [2.45, 2.75) is 4.90 Å². The second-order valence-corrected chi connectivity index (χ2v) is 4.66. The van der Waals surface area contributed by atoms with Gasteiger partial charge in [-0.15, -0.1) is 0 Å². The van der Waals surface area contributed by atoms with Gasteiger partial charge in [-0.1, -0.05) is 48.5 Å². The normalized spacial score (nSPS) is 12.8. The Morgan fingerprint density at radius 1 is 0.812 bits per heavy atom. The summed E-state index contributed by atoms with van der Waals surface area (Å²) in [4.78, 5) is 0.828. The maximum absolute atomic E-state index is 11.8. The van der Waals surface area contributed by atoms with Crippen LogP contribution in [0.2, 0.25) is 0 Å². The third-order valence-electron chi connectivity index (χ3n) is 2.16. The molecule has 2 aromatic rings. The van der Waals surface area contributed by atoms with Crippen molar-refractivity contribution >= 4 is 16.9 Å². The second kappa shape index (κ2) is 5.42. The molecule has 2 aromatic carbocycles. The molecule has 0 spiro atoms. The highest BCUT2D eigenvalue weighted by Gasteiger charge is 1.96. The van der Waals surface area contributed by atoms with Crippen LogP contribution in [0.5, 0.6) is 0 Å². The number of hydrogen-bond donors (Lipinski definition) is 0. The molecular weight excluding hydrogens is 216 g/mol. The molecule has 0 amide bonds. The lowest BCUT2D eigenvalue weighted by molar-refractivity contribution is 0.688. The number of benzene rings is 2. The molecule has 1 atom stereocenters. The molecule has 0 saturated carbocycles. The average Bonchev–Trinajstić information content (AvgIpc) is 2.38. The smallest absolute Gasteiger partial charge is 0.0776 e. The molecule has 0 bridgehead atoms. The Kier molecular flexibility index (Phi) is 3.67. The quantitative estimate of drug-likeness (QED) is 0.786. The topological polar surface area (TPSA) is 17.1 Å². The molecule has 0 heterocycles. The van der Waals surface area contributed by atoms with Crippen LogP contribution in [0.1, 0.15) is 5.56 Å². The lowest BCUT2D eigenvalue weighted by atomic mass is 10.2. The maximum Gasteiger partial charge on any atom is 0.0776 e. The SMILES string of the molecule is O=[S@](/C=C/c1ccccc1)c1ccccc1. The van der Waals surface area contributed by atoms with E-state index >= 15 is 0 Å². The minimum atomic E-state index is -1.06. The van der Waals surface area contributed by atoms with Crippen LogP contribution in [0.3, 0.4) is 0 Å². The summed E-state index contributed by atoms with van der Waals surface area (Å²) in [5.74, 6) is 0. The standard InChI is InChI=1S/C14H12OS/c15-16(14-9-5-2-6-10-14)12-11-13-7-3-1-4-8-13/h1-12H/b12-11+/t16-/m1/s1. The average molecular weight is 228 g/mol. The summed E-state index contributed by atoms with van der Waals surface area (Å²) in [5.41, 5.74) is 1.06. The third-order valence-corrected chi connectivity index (χ3v) is 3.28. The van der Waals surface area contributed by atoms with Crippen molar-refractivity contribution < 1.29 is 4.21 Å². The first-order chi connectivity index (χ1) is 7.86. The van der Waals surface area contributed by atoms with Gasteiger partial charge in [-0.05, 0) is 23.8 Å². The van der Waals surface area contributed by atoms with E-state index in [1.165, 1.54) is 0 Å². The number of rotatable bonds is 3. The largest absolute Gasteiger partial charge is 0.250 e. The van der Waals surface area contributed by atoms with Gasteiger partial charge in [0.15, 0.2) is 0 Å². The fourth-order valence-electron chi connectivity index (χ4n) is 1.34. The van der Waals surface area contributed by atoms with Crippen molar-refractivity contribution in [2.75, 3.05) is 0 Å². The Bertz CT molecular complexity index is 489. The lowest BCUT2D eigenvalue weighted by Gasteiger charge is -1.95. The van der Waals surface area contributed by atoms with Crippen LogP contribution in [0, 0.1) is 0 Å². The summed E-state index contributed by atoms with van der Waals surface area (Å²) in [7, 11) is -1.06. The van der Waals surface area contributed by atoms with E-state index in [1.807, 2.05) is 66.7 Å². The van der Waals surface area contributed by atoms with Crippen molar-refractivity contribution in [1.82, 2.24) is 0 Å². The van der Waals surface area contributed by atoms with Gasteiger partial charge in [-0.3, -0.25) is 0 Å². The van der Waals surface area contributed by atoms with Crippen molar-refractivity contribution in [3.05, 3.63) is 71.6 Å². The highest BCUT2D eigenvalue weighted by atomic mass is 32.2. The minimum Gasteiger partial charge on any atom is -0.250 e. The van der Waals surface area contributed by atoms with E-state index in [9.17, 15) is 4.21 Å².